The molecule has 4 rings (SSSR count). The fourth-order valence-electron chi connectivity index (χ4n) is 3.40. The van der Waals surface area contributed by atoms with Gasteiger partial charge in [-0.05, 0) is 64.9 Å². The average molecular weight is 426 g/mol. The first-order chi connectivity index (χ1) is 15.3. The van der Waals surface area contributed by atoms with Crippen molar-refractivity contribution in [3.63, 3.8) is 0 Å². The molecule has 0 unspecified atom stereocenters. The topological polar surface area (TPSA) is 47.9 Å². The molecule has 0 saturated heterocycles. The third kappa shape index (κ3) is 4.97. The maximum absolute atomic E-state index is 12.3. The van der Waals surface area contributed by atoms with E-state index < -0.39 is 5.97 Å². The lowest BCUT2D eigenvalue weighted by molar-refractivity contribution is -0.129. The highest BCUT2D eigenvalue weighted by molar-refractivity contribution is 6.12. The van der Waals surface area contributed by atoms with Crippen molar-refractivity contribution in [3.05, 3.63) is 106 Å². The van der Waals surface area contributed by atoms with Crippen molar-refractivity contribution in [2.24, 2.45) is 4.99 Å². The number of ether oxygens (including phenoxy) is 2. The monoisotopic (exact) mass is 425 g/mol. The van der Waals surface area contributed by atoms with E-state index in [4.69, 9.17) is 9.47 Å². The van der Waals surface area contributed by atoms with Crippen LogP contribution >= 0.6 is 0 Å². The molecular formula is C28H27NO3. The number of cyclic esters (lactones) is 1. The van der Waals surface area contributed by atoms with Crippen LogP contribution in [0.4, 0.5) is 0 Å². The summed E-state index contributed by atoms with van der Waals surface area (Å²) in [7, 11) is 0. The largest absolute Gasteiger partial charge is 0.489 e. The second-order valence-electron chi connectivity index (χ2n) is 8.95. The Hall–Kier alpha value is -3.66. The lowest BCUT2D eigenvalue weighted by Gasteiger charge is -2.18. The maximum Gasteiger partial charge on any atom is 0.363 e. The van der Waals surface area contributed by atoms with Gasteiger partial charge in [0.2, 0.25) is 5.90 Å². The van der Waals surface area contributed by atoms with Gasteiger partial charge >= 0.3 is 5.97 Å². The van der Waals surface area contributed by atoms with E-state index in [1.165, 1.54) is 11.1 Å². The number of esters is 1. The standard InChI is InChI=1S/C28H27NO3/c1-19-7-5-6-8-22(19)18-31-24-15-9-20(10-16-24)17-25-27(30)32-26(29-25)21-11-13-23(14-12-21)28(2,3)4/h5-17H,18H2,1-4H3/b25-17-. The van der Waals surface area contributed by atoms with Gasteiger partial charge in [-0.15, -0.1) is 0 Å². The van der Waals surface area contributed by atoms with Crippen LogP contribution in [0.2, 0.25) is 0 Å². The Morgan fingerprint density at radius 3 is 2.28 bits per heavy atom. The Morgan fingerprint density at radius 2 is 1.62 bits per heavy atom. The van der Waals surface area contributed by atoms with Gasteiger partial charge < -0.3 is 9.47 Å². The van der Waals surface area contributed by atoms with Gasteiger partial charge in [0.05, 0.1) is 0 Å². The molecule has 32 heavy (non-hydrogen) atoms. The Balaban J connectivity index is 1.45. The number of hydrogen-bond donors (Lipinski definition) is 0. The maximum atomic E-state index is 12.3. The SMILES string of the molecule is Cc1ccccc1COc1ccc(/C=C2\N=C(c3ccc(C(C)(C)C)cc3)OC2=O)cc1. The molecule has 4 heteroatoms. The first-order valence-electron chi connectivity index (χ1n) is 10.7. The lowest BCUT2D eigenvalue weighted by Crippen LogP contribution is -2.11. The highest BCUT2D eigenvalue weighted by Gasteiger charge is 2.24. The first-order valence-corrected chi connectivity index (χ1v) is 10.7. The summed E-state index contributed by atoms with van der Waals surface area (Å²) in [6.45, 7) is 9.07. The number of aryl methyl sites for hydroxylation is 1. The molecule has 0 amide bonds. The summed E-state index contributed by atoms with van der Waals surface area (Å²) in [4.78, 5) is 16.7. The zero-order valence-corrected chi connectivity index (χ0v) is 18.9. The molecule has 0 N–H and O–H groups in total. The summed E-state index contributed by atoms with van der Waals surface area (Å²) in [5.74, 6) is 0.659. The van der Waals surface area contributed by atoms with E-state index >= 15 is 0 Å². The van der Waals surface area contributed by atoms with E-state index in [0.29, 0.717) is 12.5 Å². The number of aliphatic imine (C=N–C) groups is 1. The predicted octanol–water partition coefficient (Wildman–Crippen LogP) is 6.22. The van der Waals surface area contributed by atoms with Crippen LogP contribution in [0.5, 0.6) is 5.75 Å². The zero-order valence-electron chi connectivity index (χ0n) is 18.9. The molecule has 162 valence electrons. The van der Waals surface area contributed by atoms with E-state index in [9.17, 15) is 4.79 Å². The summed E-state index contributed by atoms with van der Waals surface area (Å²) in [6.07, 6.45) is 1.73. The molecule has 0 aromatic heterocycles. The predicted molar refractivity (Wildman–Crippen MR) is 128 cm³/mol. The van der Waals surface area contributed by atoms with Crippen molar-refractivity contribution in [3.8, 4) is 5.75 Å². The third-order valence-corrected chi connectivity index (χ3v) is 5.46. The molecule has 1 heterocycles. The van der Waals surface area contributed by atoms with Crippen LogP contribution in [0, 0.1) is 6.92 Å². The second kappa shape index (κ2) is 8.83. The van der Waals surface area contributed by atoms with Gasteiger partial charge in [0.15, 0.2) is 5.70 Å². The molecule has 0 fully saturated rings. The number of hydrogen-bond acceptors (Lipinski definition) is 4. The van der Waals surface area contributed by atoms with Crippen LogP contribution < -0.4 is 4.74 Å². The molecule has 4 nitrogen and oxygen atoms in total. The van der Waals surface area contributed by atoms with Crippen molar-refractivity contribution >= 4 is 17.9 Å². The van der Waals surface area contributed by atoms with Crippen LogP contribution in [0.3, 0.4) is 0 Å². The van der Waals surface area contributed by atoms with E-state index in [-0.39, 0.29) is 11.1 Å². The van der Waals surface area contributed by atoms with Gasteiger partial charge in [-0.2, -0.15) is 0 Å². The van der Waals surface area contributed by atoms with E-state index in [1.54, 1.807) is 6.08 Å². The fraction of sp³-hybridized carbons (Fsp3) is 0.214. The Kier molecular flexibility index (Phi) is 5.95. The van der Waals surface area contributed by atoms with Crippen LogP contribution in [-0.2, 0) is 21.6 Å². The van der Waals surface area contributed by atoms with Crippen LogP contribution in [0.15, 0.2) is 83.5 Å². The number of nitrogens with zero attached hydrogens (tertiary/aromatic N) is 1. The van der Waals surface area contributed by atoms with Crippen LogP contribution in [0.1, 0.15) is 48.6 Å². The number of rotatable bonds is 5. The fourth-order valence-corrected chi connectivity index (χ4v) is 3.40. The Labute approximate surface area is 189 Å². The molecule has 3 aromatic carbocycles. The molecule has 1 aliphatic rings. The molecule has 1 aliphatic heterocycles. The Bertz CT molecular complexity index is 1180. The summed E-state index contributed by atoms with van der Waals surface area (Å²) >= 11 is 0. The van der Waals surface area contributed by atoms with Crippen molar-refractivity contribution in [1.29, 1.82) is 0 Å². The van der Waals surface area contributed by atoms with Gasteiger partial charge in [0, 0.05) is 5.56 Å². The smallest absolute Gasteiger partial charge is 0.363 e. The summed E-state index contributed by atoms with van der Waals surface area (Å²) in [5, 5.41) is 0. The summed E-state index contributed by atoms with van der Waals surface area (Å²) in [5.41, 5.74) is 5.57. The van der Waals surface area contributed by atoms with Gasteiger partial charge in [-0.25, -0.2) is 9.79 Å². The number of benzene rings is 3. The summed E-state index contributed by atoms with van der Waals surface area (Å²) < 4.78 is 11.3. The molecule has 0 atom stereocenters. The molecule has 0 aliphatic carbocycles. The van der Waals surface area contributed by atoms with E-state index in [0.717, 1.165) is 22.4 Å². The highest BCUT2D eigenvalue weighted by atomic mass is 16.6. The van der Waals surface area contributed by atoms with Gasteiger partial charge in [0.25, 0.3) is 0 Å². The normalized spacial score (nSPS) is 14.9. The number of carbonyl (C=O) groups is 1. The van der Waals surface area contributed by atoms with Gasteiger partial charge in [-0.3, -0.25) is 0 Å². The minimum absolute atomic E-state index is 0.0631. The first kappa shape index (κ1) is 21.6. The van der Waals surface area contributed by atoms with E-state index in [1.807, 2.05) is 60.7 Å². The highest BCUT2D eigenvalue weighted by Crippen LogP contribution is 2.25. The molecule has 0 bridgehead atoms. The third-order valence-electron chi connectivity index (χ3n) is 5.46. The second-order valence-corrected chi connectivity index (χ2v) is 8.95. The van der Waals surface area contributed by atoms with Crippen molar-refractivity contribution in [2.45, 2.75) is 39.7 Å². The van der Waals surface area contributed by atoms with E-state index in [2.05, 4.69) is 44.8 Å². The minimum Gasteiger partial charge on any atom is -0.489 e. The molecule has 0 saturated carbocycles. The molecule has 0 spiro atoms. The van der Waals surface area contributed by atoms with Crippen LogP contribution in [-0.4, -0.2) is 11.9 Å². The lowest BCUT2D eigenvalue weighted by atomic mass is 9.87. The van der Waals surface area contributed by atoms with Crippen molar-refractivity contribution in [1.82, 2.24) is 0 Å². The quantitative estimate of drug-likeness (QED) is 0.360. The van der Waals surface area contributed by atoms with Crippen molar-refractivity contribution < 1.29 is 14.3 Å². The number of carbonyl (C=O) groups excluding carboxylic acids is 1. The zero-order chi connectivity index (χ0) is 22.7. The van der Waals surface area contributed by atoms with Gasteiger partial charge in [0.1, 0.15) is 12.4 Å². The van der Waals surface area contributed by atoms with Crippen LogP contribution in [0.25, 0.3) is 6.08 Å². The van der Waals surface area contributed by atoms with Crippen molar-refractivity contribution in [2.75, 3.05) is 0 Å². The summed E-state index contributed by atoms with van der Waals surface area (Å²) in [6, 6.07) is 23.7. The molecule has 0 radical (unpaired) electrons. The Morgan fingerprint density at radius 1 is 0.938 bits per heavy atom. The average Bonchev–Trinajstić information content (AvgIpc) is 3.14. The molecule has 3 aromatic rings. The minimum atomic E-state index is -0.445. The van der Waals surface area contributed by atoms with Gasteiger partial charge in [-0.1, -0.05) is 69.3 Å². The molecular weight excluding hydrogens is 398 g/mol.